The summed E-state index contributed by atoms with van der Waals surface area (Å²) >= 11 is 0. The second-order valence-electron chi connectivity index (χ2n) is 5.00. The summed E-state index contributed by atoms with van der Waals surface area (Å²) in [7, 11) is 0. The first kappa shape index (κ1) is 13.6. The third-order valence-electron chi connectivity index (χ3n) is 3.55. The number of nitrogens with zero attached hydrogens (tertiary/aromatic N) is 3. The van der Waals surface area contributed by atoms with Crippen LogP contribution in [-0.4, -0.2) is 19.3 Å². The predicted octanol–water partition coefficient (Wildman–Crippen LogP) is 1.99. The molecule has 0 saturated heterocycles. The average molecular weight is 283 g/mol. The molecule has 0 spiro atoms. The van der Waals surface area contributed by atoms with E-state index in [0.717, 1.165) is 5.56 Å². The summed E-state index contributed by atoms with van der Waals surface area (Å²) < 4.78 is 3.08. The number of aliphatic hydroxyl groups is 1. The van der Waals surface area contributed by atoms with E-state index in [9.17, 15) is 9.90 Å². The Balaban J connectivity index is 2.18. The van der Waals surface area contributed by atoms with Gasteiger partial charge in [0.05, 0.1) is 6.54 Å². The van der Waals surface area contributed by atoms with Gasteiger partial charge in [-0.1, -0.05) is 37.3 Å². The highest BCUT2D eigenvalue weighted by atomic mass is 16.3. The molecule has 0 aliphatic carbocycles. The summed E-state index contributed by atoms with van der Waals surface area (Å²) in [5.74, 6) is 0.398. The molecule has 5 heteroatoms. The van der Waals surface area contributed by atoms with Gasteiger partial charge in [0, 0.05) is 6.20 Å². The van der Waals surface area contributed by atoms with Gasteiger partial charge in [0.1, 0.15) is 11.6 Å². The SMILES string of the molecule is CCC(O)c1nn2cccc2c(=O)n1Cc1ccccc1. The van der Waals surface area contributed by atoms with Gasteiger partial charge in [-0.05, 0) is 24.1 Å². The van der Waals surface area contributed by atoms with Crippen molar-refractivity contribution in [3.8, 4) is 0 Å². The van der Waals surface area contributed by atoms with Gasteiger partial charge in [-0.2, -0.15) is 5.10 Å². The molecule has 2 aromatic heterocycles. The van der Waals surface area contributed by atoms with Crippen LogP contribution in [0.5, 0.6) is 0 Å². The highest BCUT2D eigenvalue weighted by Crippen LogP contribution is 2.14. The molecule has 0 aliphatic heterocycles. The van der Waals surface area contributed by atoms with Gasteiger partial charge in [0.15, 0.2) is 5.82 Å². The Morgan fingerprint density at radius 1 is 1.19 bits per heavy atom. The number of hydrogen-bond donors (Lipinski definition) is 1. The van der Waals surface area contributed by atoms with Crippen molar-refractivity contribution in [2.75, 3.05) is 0 Å². The number of hydrogen-bond acceptors (Lipinski definition) is 3. The van der Waals surface area contributed by atoms with Crippen LogP contribution in [0.1, 0.15) is 30.8 Å². The van der Waals surface area contributed by atoms with E-state index in [1.807, 2.05) is 37.3 Å². The highest BCUT2D eigenvalue weighted by molar-refractivity contribution is 5.44. The summed E-state index contributed by atoms with van der Waals surface area (Å²) in [4.78, 5) is 12.6. The first-order chi connectivity index (χ1) is 10.2. The van der Waals surface area contributed by atoms with Crippen molar-refractivity contribution in [2.24, 2.45) is 0 Å². The number of rotatable bonds is 4. The molecule has 0 amide bonds. The summed E-state index contributed by atoms with van der Waals surface area (Å²) in [6.45, 7) is 2.27. The number of fused-ring (bicyclic) bond motifs is 1. The molecule has 3 aromatic rings. The molecule has 0 radical (unpaired) electrons. The lowest BCUT2D eigenvalue weighted by Gasteiger charge is -2.16. The largest absolute Gasteiger partial charge is 0.385 e. The molecule has 2 heterocycles. The molecule has 0 fully saturated rings. The molecule has 21 heavy (non-hydrogen) atoms. The maximum atomic E-state index is 12.6. The van der Waals surface area contributed by atoms with E-state index in [1.54, 1.807) is 22.9 Å². The number of benzene rings is 1. The summed E-state index contributed by atoms with van der Waals surface area (Å²) in [6, 6.07) is 13.2. The maximum Gasteiger partial charge on any atom is 0.278 e. The minimum Gasteiger partial charge on any atom is -0.385 e. The molecular weight excluding hydrogens is 266 g/mol. The fourth-order valence-corrected chi connectivity index (χ4v) is 2.38. The molecule has 1 aromatic carbocycles. The van der Waals surface area contributed by atoms with Crippen LogP contribution in [0.25, 0.3) is 5.52 Å². The Morgan fingerprint density at radius 3 is 2.67 bits per heavy atom. The molecule has 1 atom stereocenters. The first-order valence-electron chi connectivity index (χ1n) is 7.00. The van der Waals surface area contributed by atoms with Gasteiger partial charge in [0.2, 0.25) is 0 Å². The van der Waals surface area contributed by atoms with Crippen LogP contribution in [0.2, 0.25) is 0 Å². The van der Waals surface area contributed by atoms with Crippen LogP contribution in [0.3, 0.4) is 0 Å². The van der Waals surface area contributed by atoms with Crippen molar-refractivity contribution in [1.82, 2.24) is 14.2 Å². The van der Waals surface area contributed by atoms with Crippen molar-refractivity contribution < 1.29 is 5.11 Å². The summed E-state index contributed by atoms with van der Waals surface area (Å²) in [5.41, 5.74) is 1.38. The zero-order valence-electron chi connectivity index (χ0n) is 11.8. The van der Waals surface area contributed by atoms with Crippen molar-refractivity contribution in [3.63, 3.8) is 0 Å². The minimum absolute atomic E-state index is 0.138. The van der Waals surface area contributed by atoms with E-state index in [0.29, 0.717) is 24.3 Å². The molecule has 0 aliphatic rings. The van der Waals surface area contributed by atoms with E-state index < -0.39 is 6.10 Å². The molecule has 0 bridgehead atoms. The van der Waals surface area contributed by atoms with Crippen molar-refractivity contribution in [3.05, 3.63) is 70.4 Å². The van der Waals surface area contributed by atoms with Crippen LogP contribution in [0.15, 0.2) is 53.5 Å². The zero-order chi connectivity index (χ0) is 14.8. The Morgan fingerprint density at radius 2 is 1.95 bits per heavy atom. The van der Waals surface area contributed by atoms with E-state index in [4.69, 9.17) is 0 Å². The van der Waals surface area contributed by atoms with Gasteiger partial charge >= 0.3 is 0 Å². The van der Waals surface area contributed by atoms with Gasteiger partial charge < -0.3 is 5.11 Å². The number of aliphatic hydroxyl groups excluding tert-OH is 1. The lowest BCUT2D eigenvalue weighted by Crippen LogP contribution is -2.29. The third-order valence-corrected chi connectivity index (χ3v) is 3.55. The zero-order valence-corrected chi connectivity index (χ0v) is 11.8. The molecule has 5 nitrogen and oxygen atoms in total. The Labute approximate surface area is 122 Å². The van der Waals surface area contributed by atoms with Gasteiger partial charge in [-0.3, -0.25) is 9.36 Å². The molecule has 1 unspecified atom stereocenters. The Hall–Kier alpha value is -2.40. The van der Waals surface area contributed by atoms with Crippen LogP contribution in [0, 0.1) is 0 Å². The summed E-state index contributed by atoms with van der Waals surface area (Å²) in [6.07, 6.45) is 1.47. The van der Waals surface area contributed by atoms with Crippen molar-refractivity contribution in [1.29, 1.82) is 0 Å². The Bertz CT molecular complexity index is 805. The van der Waals surface area contributed by atoms with Crippen LogP contribution in [-0.2, 0) is 6.54 Å². The Kier molecular flexibility index (Phi) is 3.58. The molecule has 108 valence electrons. The molecule has 1 N–H and O–H groups in total. The average Bonchev–Trinajstić information content (AvgIpc) is 2.99. The highest BCUT2D eigenvalue weighted by Gasteiger charge is 2.17. The maximum absolute atomic E-state index is 12.6. The van der Waals surface area contributed by atoms with Crippen molar-refractivity contribution >= 4 is 5.52 Å². The van der Waals surface area contributed by atoms with E-state index in [-0.39, 0.29) is 5.56 Å². The topological polar surface area (TPSA) is 59.5 Å². The fraction of sp³-hybridized carbons (Fsp3) is 0.250. The monoisotopic (exact) mass is 283 g/mol. The lowest BCUT2D eigenvalue weighted by atomic mass is 10.2. The van der Waals surface area contributed by atoms with Gasteiger partial charge in [-0.25, -0.2) is 4.52 Å². The minimum atomic E-state index is -0.756. The lowest BCUT2D eigenvalue weighted by molar-refractivity contribution is 0.155. The van der Waals surface area contributed by atoms with E-state index in [1.165, 1.54) is 4.52 Å². The fourth-order valence-electron chi connectivity index (χ4n) is 2.38. The quantitative estimate of drug-likeness (QED) is 0.796. The van der Waals surface area contributed by atoms with Crippen LogP contribution < -0.4 is 5.56 Å². The number of aromatic nitrogens is 3. The van der Waals surface area contributed by atoms with E-state index >= 15 is 0 Å². The molecular formula is C16H17N3O2. The third kappa shape index (κ3) is 2.48. The van der Waals surface area contributed by atoms with Crippen LogP contribution >= 0.6 is 0 Å². The smallest absolute Gasteiger partial charge is 0.278 e. The predicted molar refractivity (Wildman–Crippen MR) is 80.2 cm³/mol. The second kappa shape index (κ2) is 5.54. The van der Waals surface area contributed by atoms with Crippen LogP contribution in [0.4, 0.5) is 0 Å². The van der Waals surface area contributed by atoms with E-state index in [2.05, 4.69) is 5.10 Å². The molecule has 3 rings (SSSR count). The van der Waals surface area contributed by atoms with Gasteiger partial charge in [0.25, 0.3) is 5.56 Å². The van der Waals surface area contributed by atoms with Gasteiger partial charge in [-0.15, -0.1) is 0 Å². The first-order valence-corrected chi connectivity index (χ1v) is 7.00. The molecule has 0 saturated carbocycles. The van der Waals surface area contributed by atoms with Crippen molar-refractivity contribution in [2.45, 2.75) is 26.0 Å². The summed E-state index contributed by atoms with van der Waals surface area (Å²) in [5, 5.41) is 14.6. The standard InChI is InChI=1S/C16H17N3O2/c1-2-14(20)15-17-19-10-6-9-13(19)16(21)18(15)11-12-7-4-3-5-8-12/h3-10,14,20H,2,11H2,1H3. The second-order valence-corrected chi connectivity index (χ2v) is 5.00. The normalized spacial score (nSPS) is 12.7.